The maximum atomic E-state index is 5.50. The SMILES string of the molecule is CCc1nn(C)cc1NC1CCC(C)(N2CCOCC2)CC1. The van der Waals surface area contributed by atoms with Crippen LogP contribution in [0, 0.1) is 0 Å². The van der Waals surface area contributed by atoms with E-state index in [1.165, 1.54) is 37.1 Å². The van der Waals surface area contributed by atoms with Crippen molar-refractivity contribution in [2.75, 3.05) is 31.6 Å². The van der Waals surface area contributed by atoms with Crippen molar-refractivity contribution in [3.63, 3.8) is 0 Å². The van der Waals surface area contributed by atoms with Crippen molar-refractivity contribution in [3.8, 4) is 0 Å². The van der Waals surface area contributed by atoms with Gasteiger partial charge in [0.2, 0.25) is 0 Å². The van der Waals surface area contributed by atoms with Gasteiger partial charge >= 0.3 is 0 Å². The molecular weight excluding hydrogens is 276 g/mol. The smallest absolute Gasteiger partial charge is 0.0853 e. The lowest BCUT2D eigenvalue weighted by atomic mass is 9.79. The van der Waals surface area contributed by atoms with Crippen LogP contribution >= 0.6 is 0 Å². The van der Waals surface area contributed by atoms with E-state index < -0.39 is 0 Å². The first-order chi connectivity index (χ1) is 10.6. The van der Waals surface area contributed by atoms with Gasteiger partial charge in [-0.2, -0.15) is 5.10 Å². The van der Waals surface area contributed by atoms with Crippen molar-refractivity contribution in [1.29, 1.82) is 0 Å². The summed E-state index contributed by atoms with van der Waals surface area (Å²) in [5.41, 5.74) is 2.78. The zero-order chi connectivity index (χ0) is 15.6. The van der Waals surface area contributed by atoms with Crippen molar-refractivity contribution in [1.82, 2.24) is 14.7 Å². The Kier molecular flexibility index (Phi) is 4.73. The summed E-state index contributed by atoms with van der Waals surface area (Å²) in [5, 5.41) is 8.26. The van der Waals surface area contributed by atoms with E-state index in [2.05, 4.69) is 35.4 Å². The molecule has 22 heavy (non-hydrogen) atoms. The van der Waals surface area contributed by atoms with E-state index in [0.717, 1.165) is 32.7 Å². The highest BCUT2D eigenvalue weighted by molar-refractivity contribution is 5.47. The molecule has 1 aromatic rings. The van der Waals surface area contributed by atoms with Gasteiger partial charge < -0.3 is 10.1 Å². The summed E-state index contributed by atoms with van der Waals surface area (Å²) in [6.07, 6.45) is 8.13. The van der Waals surface area contributed by atoms with Crippen LogP contribution in [0.2, 0.25) is 0 Å². The van der Waals surface area contributed by atoms with Crippen LogP contribution in [0.4, 0.5) is 5.69 Å². The predicted octanol–water partition coefficient (Wildman–Crippen LogP) is 2.43. The average molecular weight is 306 g/mol. The second kappa shape index (κ2) is 6.59. The molecule has 5 heteroatoms. The van der Waals surface area contributed by atoms with Gasteiger partial charge in [0.1, 0.15) is 0 Å². The summed E-state index contributed by atoms with van der Waals surface area (Å²) < 4.78 is 7.42. The fourth-order valence-corrected chi connectivity index (χ4v) is 3.94. The highest BCUT2D eigenvalue weighted by atomic mass is 16.5. The summed E-state index contributed by atoms with van der Waals surface area (Å²) in [6.45, 7) is 8.59. The Hall–Kier alpha value is -1.07. The largest absolute Gasteiger partial charge is 0.380 e. The van der Waals surface area contributed by atoms with Gasteiger partial charge in [0.15, 0.2) is 0 Å². The topological polar surface area (TPSA) is 42.3 Å². The lowest BCUT2D eigenvalue weighted by Crippen LogP contribution is -2.54. The third-order valence-corrected chi connectivity index (χ3v) is 5.44. The zero-order valence-electron chi connectivity index (χ0n) is 14.3. The van der Waals surface area contributed by atoms with Crippen LogP contribution in [0.3, 0.4) is 0 Å². The van der Waals surface area contributed by atoms with Crippen LogP contribution in [0.15, 0.2) is 6.20 Å². The fraction of sp³-hybridized carbons (Fsp3) is 0.824. The van der Waals surface area contributed by atoms with E-state index in [1.807, 2.05) is 11.7 Å². The first-order valence-electron chi connectivity index (χ1n) is 8.72. The molecule has 0 spiro atoms. The minimum atomic E-state index is 0.366. The molecule has 0 unspecified atom stereocenters. The normalized spacial score (nSPS) is 30.4. The van der Waals surface area contributed by atoms with E-state index in [0.29, 0.717) is 11.6 Å². The minimum absolute atomic E-state index is 0.366. The van der Waals surface area contributed by atoms with Crippen LogP contribution in [0.5, 0.6) is 0 Å². The third-order valence-electron chi connectivity index (χ3n) is 5.44. The molecule has 0 atom stereocenters. The zero-order valence-corrected chi connectivity index (χ0v) is 14.3. The standard InChI is InChI=1S/C17H30N4O/c1-4-15-16(13-20(3)19-15)18-14-5-7-17(2,8-6-14)21-9-11-22-12-10-21/h13-14,18H,4-12H2,1-3H3. The quantitative estimate of drug-likeness (QED) is 0.928. The van der Waals surface area contributed by atoms with Gasteiger partial charge in [0, 0.05) is 37.9 Å². The summed E-state index contributed by atoms with van der Waals surface area (Å²) >= 11 is 0. The fourth-order valence-electron chi connectivity index (χ4n) is 3.94. The number of nitrogens with zero attached hydrogens (tertiary/aromatic N) is 3. The summed E-state index contributed by atoms with van der Waals surface area (Å²) in [4.78, 5) is 2.65. The molecule has 1 aliphatic carbocycles. The van der Waals surface area contributed by atoms with Crippen LogP contribution in [-0.2, 0) is 18.2 Å². The molecule has 2 aliphatic rings. The Labute approximate surface area is 134 Å². The number of hydrogen-bond donors (Lipinski definition) is 1. The Balaban J connectivity index is 1.57. The Morgan fingerprint density at radius 1 is 1.32 bits per heavy atom. The third kappa shape index (κ3) is 3.30. The Morgan fingerprint density at radius 3 is 2.64 bits per heavy atom. The van der Waals surface area contributed by atoms with Gasteiger partial charge in [-0.05, 0) is 39.0 Å². The minimum Gasteiger partial charge on any atom is -0.380 e. The number of ether oxygens (including phenoxy) is 1. The molecule has 0 radical (unpaired) electrons. The maximum Gasteiger partial charge on any atom is 0.0853 e. The van der Waals surface area contributed by atoms with Crippen molar-refractivity contribution >= 4 is 5.69 Å². The molecular formula is C17H30N4O. The van der Waals surface area contributed by atoms with Crippen molar-refractivity contribution in [2.24, 2.45) is 7.05 Å². The number of hydrogen-bond acceptors (Lipinski definition) is 4. The van der Waals surface area contributed by atoms with Gasteiger partial charge in [-0.15, -0.1) is 0 Å². The lowest BCUT2D eigenvalue weighted by Gasteiger charge is -2.47. The number of rotatable bonds is 4. The van der Waals surface area contributed by atoms with E-state index in [1.54, 1.807) is 0 Å². The molecule has 1 aliphatic heterocycles. The second-order valence-electron chi connectivity index (χ2n) is 7.03. The summed E-state index contributed by atoms with van der Waals surface area (Å²) in [6, 6.07) is 0.587. The first-order valence-corrected chi connectivity index (χ1v) is 8.72. The van der Waals surface area contributed by atoms with Crippen LogP contribution in [-0.4, -0.2) is 52.6 Å². The highest BCUT2D eigenvalue weighted by Gasteiger charge is 2.36. The molecule has 3 rings (SSSR count). The molecule has 0 bridgehead atoms. The van der Waals surface area contributed by atoms with Gasteiger partial charge in [-0.1, -0.05) is 6.92 Å². The van der Waals surface area contributed by atoms with Crippen LogP contribution in [0.1, 0.15) is 45.2 Å². The van der Waals surface area contributed by atoms with Crippen LogP contribution < -0.4 is 5.32 Å². The monoisotopic (exact) mass is 306 g/mol. The molecule has 1 saturated heterocycles. The number of morpholine rings is 1. The lowest BCUT2D eigenvalue weighted by molar-refractivity contribution is -0.0305. The highest BCUT2D eigenvalue weighted by Crippen LogP contribution is 2.35. The van der Waals surface area contributed by atoms with Gasteiger partial charge in [0.25, 0.3) is 0 Å². The second-order valence-corrected chi connectivity index (χ2v) is 7.03. The molecule has 1 saturated carbocycles. The van der Waals surface area contributed by atoms with Gasteiger partial charge in [-0.25, -0.2) is 0 Å². The predicted molar refractivity (Wildman–Crippen MR) is 89.3 cm³/mol. The summed E-state index contributed by atoms with van der Waals surface area (Å²) in [5.74, 6) is 0. The average Bonchev–Trinajstić information content (AvgIpc) is 2.90. The molecule has 2 fully saturated rings. The number of aromatic nitrogens is 2. The molecule has 124 valence electrons. The van der Waals surface area contributed by atoms with Crippen molar-refractivity contribution in [3.05, 3.63) is 11.9 Å². The van der Waals surface area contributed by atoms with E-state index in [4.69, 9.17) is 4.74 Å². The molecule has 1 aromatic heterocycles. The molecule has 1 N–H and O–H groups in total. The Bertz CT molecular complexity index is 485. The van der Waals surface area contributed by atoms with Crippen molar-refractivity contribution < 1.29 is 4.74 Å². The Morgan fingerprint density at radius 2 is 2.00 bits per heavy atom. The van der Waals surface area contributed by atoms with E-state index in [9.17, 15) is 0 Å². The van der Waals surface area contributed by atoms with Gasteiger partial charge in [0.05, 0.1) is 24.6 Å². The summed E-state index contributed by atoms with van der Waals surface area (Å²) in [7, 11) is 2.00. The van der Waals surface area contributed by atoms with Crippen molar-refractivity contribution in [2.45, 2.75) is 57.5 Å². The van der Waals surface area contributed by atoms with E-state index in [-0.39, 0.29) is 0 Å². The molecule has 0 aromatic carbocycles. The van der Waals surface area contributed by atoms with E-state index >= 15 is 0 Å². The maximum absolute atomic E-state index is 5.50. The number of anilines is 1. The van der Waals surface area contributed by atoms with Crippen LogP contribution in [0.25, 0.3) is 0 Å². The molecule has 0 amide bonds. The molecule has 5 nitrogen and oxygen atoms in total. The number of aryl methyl sites for hydroxylation is 2. The first kappa shape index (κ1) is 15.8. The molecule has 2 heterocycles. The number of nitrogens with one attached hydrogen (secondary N) is 1. The van der Waals surface area contributed by atoms with Gasteiger partial charge in [-0.3, -0.25) is 9.58 Å².